The number of nitrogens with zero attached hydrogens (tertiary/aromatic N) is 4. The highest BCUT2D eigenvalue weighted by Crippen LogP contribution is 2.58. The van der Waals surface area contributed by atoms with Gasteiger partial charge in [-0.05, 0) is 69.5 Å². The van der Waals surface area contributed by atoms with Gasteiger partial charge in [0.15, 0.2) is 17.5 Å². The van der Waals surface area contributed by atoms with Crippen LogP contribution in [0, 0.1) is 11.3 Å². The minimum atomic E-state index is -0.0620. The van der Waals surface area contributed by atoms with E-state index in [0.29, 0.717) is 17.5 Å². The van der Waals surface area contributed by atoms with E-state index in [-0.39, 0.29) is 5.41 Å². The fourth-order valence-electron chi connectivity index (χ4n) is 8.23. The third-order valence-electron chi connectivity index (χ3n) is 10.6. The van der Waals surface area contributed by atoms with Gasteiger partial charge in [0.1, 0.15) is 0 Å². The van der Waals surface area contributed by atoms with Crippen LogP contribution < -0.4 is 0 Å². The molecule has 0 saturated heterocycles. The summed E-state index contributed by atoms with van der Waals surface area (Å²) in [4.78, 5) is 15.3. The molecule has 1 heterocycles. The molecule has 0 atom stereocenters. The van der Waals surface area contributed by atoms with E-state index < -0.39 is 0 Å². The smallest absolute Gasteiger partial charge is 0.164 e. The number of hydrogen-bond acceptors (Lipinski definition) is 4. The summed E-state index contributed by atoms with van der Waals surface area (Å²) in [6.07, 6.45) is 5.85. The normalized spacial score (nSPS) is 14.1. The predicted octanol–water partition coefficient (Wildman–Crippen LogP) is 11.3. The second-order valence-corrected chi connectivity index (χ2v) is 13.4. The van der Waals surface area contributed by atoms with Crippen LogP contribution in [0.25, 0.3) is 67.5 Å². The first-order chi connectivity index (χ1) is 24.7. The SMILES string of the molecule is N#Cc1ccc2c(c1)C1(CCCCC1)c1cccc(-c3ccccc3-c3nc(-c4ccccc4)nc(-c4ccc(-c5ccccc5)cc4)n3)c1-2. The van der Waals surface area contributed by atoms with Crippen LogP contribution in [-0.2, 0) is 5.41 Å². The molecule has 6 aromatic carbocycles. The maximum Gasteiger partial charge on any atom is 0.164 e. The van der Waals surface area contributed by atoms with Crippen molar-refractivity contribution in [2.24, 2.45) is 0 Å². The largest absolute Gasteiger partial charge is 0.208 e. The Morgan fingerprint density at radius 3 is 1.70 bits per heavy atom. The van der Waals surface area contributed by atoms with Gasteiger partial charge >= 0.3 is 0 Å². The summed E-state index contributed by atoms with van der Waals surface area (Å²) < 4.78 is 0. The molecule has 0 N–H and O–H groups in total. The lowest BCUT2D eigenvalue weighted by Crippen LogP contribution is -2.28. The Hall–Kier alpha value is -6.18. The second-order valence-electron chi connectivity index (χ2n) is 13.4. The first-order valence-electron chi connectivity index (χ1n) is 17.5. The van der Waals surface area contributed by atoms with Gasteiger partial charge in [0.05, 0.1) is 11.6 Å². The van der Waals surface area contributed by atoms with Crippen molar-refractivity contribution in [3.63, 3.8) is 0 Å². The van der Waals surface area contributed by atoms with Gasteiger partial charge in [-0.2, -0.15) is 5.26 Å². The van der Waals surface area contributed by atoms with Crippen LogP contribution in [-0.4, -0.2) is 15.0 Å². The van der Waals surface area contributed by atoms with Crippen molar-refractivity contribution in [2.75, 3.05) is 0 Å². The number of hydrogen-bond donors (Lipinski definition) is 0. The van der Waals surface area contributed by atoms with E-state index in [9.17, 15) is 5.26 Å². The van der Waals surface area contributed by atoms with Crippen molar-refractivity contribution in [2.45, 2.75) is 37.5 Å². The van der Waals surface area contributed by atoms with Crippen LogP contribution in [0.15, 0.2) is 146 Å². The van der Waals surface area contributed by atoms with E-state index in [0.717, 1.165) is 46.2 Å². The molecule has 4 heteroatoms. The Bertz CT molecular complexity index is 2400. The highest BCUT2D eigenvalue weighted by atomic mass is 15.0. The maximum absolute atomic E-state index is 9.87. The van der Waals surface area contributed by atoms with Gasteiger partial charge in [0.25, 0.3) is 0 Å². The standard InChI is InChI=1S/C46H34N4/c47-30-31-21-26-39-41(29-31)46(27-10-3-11-28-46)40-20-12-19-37(42(39)40)36-17-8-9-18-38(36)45-49-43(34-15-6-2-7-16-34)48-44(50-45)35-24-22-33(23-25-35)32-13-4-1-5-14-32/h1-2,4-9,12-26,29H,3,10-11,27-28H2. The van der Waals surface area contributed by atoms with Crippen LogP contribution >= 0.6 is 0 Å². The molecule has 238 valence electrons. The molecule has 9 rings (SSSR count). The van der Waals surface area contributed by atoms with Gasteiger partial charge in [-0.3, -0.25) is 0 Å². The summed E-state index contributed by atoms with van der Waals surface area (Å²) in [6, 6.07) is 53.0. The molecule has 0 amide bonds. The van der Waals surface area contributed by atoms with Crippen molar-refractivity contribution in [3.05, 3.63) is 162 Å². The summed E-state index contributed by atoms with van der Waals surface area (Å²) in [5, 5.41) is 9.87. The molecule has 1 spiro atoms. The maximum atomic E-state index is 9.87. The summed E-state index contributed by atoms with van der Waals surface area (Å²) >= 11 is 0. The molecular formula is C46H34N4. The van der Waals surface area contributed by atoms with Gasteiger partial charge < -0.3 is 0 Å². The van der Waals surface area contributed by atoms with Crippen LogP contribution in [0.1, 0.15) is 48.8 Å². The van der Waals surface area contributed by atoms with E-state index >= 15 is 0 Å². The van der Waals surface area contributed by atoms with E-state index in [1.165, 1.54) is 52.6 Å². The van der Waals surface area contributed by atoms with Gasteiger partial charge in [0.2, 0.25) is 0 Å². The fourth-order valence-corrected chi connectivity index (χ4v) is 8.23. The Kier molecular flexibility index (Phi) is 7.40. The van der Waals surface area contributed by atoms with Crippen LogP contribution in [0.2, 0.25) is 0 Å². The van der Waals surface area contributed by atoms with E-state index in [1.54, 1.807) is 0 Å². The van der Waals surface area contributed by atoms with E-state index in [1.807, 2.05) is 42.5 Å². The van der Waals surface area contributed by atoms with E-state index in [2.05, 4.69) is 109 Å². The first kappa shape index (κ1) is 29.9. The van der Waals surface area contributed by atoms with Crippen molar-refractivity contribution in [1.29, 1.82) is 5.26 Å². The first-order valence-corrected chi connectivity index (χ1v) is 17.5. The molecular weight excluding hydrogens is 609 g/mol. The molecule has 0 radical (unpaired) electrons. The fraction of sp³-hybridized carbons (Fsp3) is 0.130. The average Bonchev–Trinajstić information content (AvgIpc) is 3.46. The lowest BCUT2D eigenvalue weighted by atomic mass is 9.67. The quantitative estimate of drug-likeness (QED) is 0.187. The lowest BCUT2D eigenvalue weighted by Gasteiger charge is -2.36. The highest BCUT2D eigenvalue weighted by Gasteiger charge is 2.44. The number of aromatic nitrogens is 3. The molecule has 1 saturated carbocycles. The Labute approximate surface area is 292 Å². The van der Waals surface area contributed by atoms with Gasteiger partial charge in [-0.1, -0.05) is 153 Å². The molecule has 0 aliphatic heterocycles. The molecule has 2 aliphatic rings. The topological polar surface area (TPSA) is 62.5 Å². The number of nitriles is 1. The summed E-state index contributed by atoms with van der Waals surface area (Å²) in [7, 11) is 0. The number of benzene rings is 6. The van der Waals surface area contributed by atoms with Crippen LogP contribution in [0.5, 0.6) is 0 Å². The van der Waals surface area contributed by atoms with Crippen LogP contribution in [0.3, 0.4) is 0 Å². The summed E-state index contributed by atoms with van der Waals surface area (Å²) in [5.74, 6) is 1.91. The Balaban J connectivity index is 1.22. The van der Waals surface area contributed by atoms with Crippen molar-refractivity contribution >= 4 is 0 Å². The molecule has 4 nitrogen and oxygen atoms in total. The molecule has 2 aliphatic carbocycles. The third-order valence-corrected chi connectivity index (χ3v) is 10.6. The summed E-state index contributed by atoms with van der Waals surface area (Å²) in [5.41, 5.74) is 13.3. The second kappa shape index (κ2) is 12.4. The molecule has 0 unspecified atom stereocenters. The van der Waals surface area contributed by atoms with Gasteiger partial charge in [-0.15, -0.1) is 0 Å². The van der Waals surface area contributed by atoms with Crippen molar-refractivity contribution in [1.82, 2.24) is 15.0 Å². The monoisotopic (exact) mass is 642 g/mol. The third kappa shape index (κ3) is 5.02. The van der Waals surface area contributed by atoms with E-state index in [4.69, 9.17) is 15.0 Å². The molecule has 1 fully saturated rings. The van der Waals surface area contributed by atoms with Gasteiger partial charge in [0, 0.05) is 22.1 Å². The molecule has 50 heavy (non-hydrogen) atoms. The average molecular weight is 643 g/mol. The zero-order chi connectivity index (χ0) is 33.5. The lowest BCUT2D eigenvalue weighted by molar-refractivity contribution is 0.353. The Morgan fingerprint density at radius 2 is 1.00 bits per heavy atom. The number of rotatable bonds is 5. The highest BCUT2D eigenvalue weighted by molar-refractivity contribution is 5.96. The van der Waals surface area contributed by atoms with Gasteiger partial charge in [-0.25, -0.2) is 15.0 Å². The zero-order valence-electron chi connectivity index (χ0n) is 27.7. The van der Waals surface area contributed by atoms with Crippen LogP contribution in [0.4, 0.5) is 0 Å². The Morgan fingerprint density at radius 1 is 0.440 bits per heavy atom. The van der Waals surface area contributed by atoms with Crippen molar-refractivity contribution in [3.8, 4) is 73.6 Å². The minimum Gasteiger partial charge on any atom is -0.208 e. The predicted molar refractivity (Wildman–Crippen MR) is 201 cm³/mol. The zero-order valence-corrected chi connectivity index (χ0v) is 27.7. The van der Waals surface area contributed by atoms with Crippen molar-refractivity contribution < 1.29 is 0 Å². The summed E-state index contributed by atoms with van der Waals surface area (Å²) in [6.45, 7) is 0. The minimum absolute atomic E-state index is 0.0620. The molecule has 0 bridgehead atoms. The molecule has 7 aromatic rings. The number of fused-ring (bicyclic) bond motifs is 5. The molecule has 1 aromatic heterocycles.